The number of carbonyl (C=O) groups excluding carboxylic acids is 1. The SMILES string of the molecule is C=CCC(N)C(=O)N1CCN(Cc2ccc(Cl)s2)CC1. The van der Waals surface area contributed by atoms with Crippen LogP contribution in [0.15, 0.2) is 24.8 Å². The number of piperazine rings is 1. The van der Waals surface area contributed by atoms with Crippen molar-refractivity contribution in [1.82, 2.24) is 9.80 Å². The van der Waals surface area contributed by atoms with Crippen molar-refractivity contribution in [2.24, 2.45) is 5.73 Å². The molecule has 110 valence electrons. The van der Waals surface area contributed by atoms with Crippen LogP contribution in [0.4, 0.5) is 0 Å². The Morgan fingerprint density at radius 3 is 2.70 bits per heavy atom. The van der Waals surface area contributed by atoms with E-state index in [2.05, 4.69) is 17.5 Å². The predicted octanol–water partition coefficient (Wildman–Crippen LogP) is 1.95. The van der Waals surface area contributed by atoms with Gasteiger partial charge in [0.2, 0.25) is 5.91 Å². The van der Waals surface area contributed by atoms with Gasteiger partial charge in [0.05, 0.1) is 10.4 Å². The molecule has 2 heterocycles. The molecule has 4 nitrogen and oxygen atoms in total. The minimum atomic E-state index is -0.449. The van der Waals surface area contributed by atoms with Gasteiger partial charge in [0.1, 0.15) is 0 Å². The van der Waals surface area contributed by atoms with Crippen molar-refractivity contribution in [1.29, 1.82) is 0 Å². The van der Waals surface area contributed by atoms with E-state index in [4.69, 9.17) is 17.3 Å². The van der Waals surface area contributed by atoms with Crippen molar-refractivity contribution in [2.75, 3.05) is 26.2 Å². The Kier molecular flexibility index (Phi) is 5.60. The third-order valence-electron chi connectivity index (χ3n) is 3.43. The number of hydrogen-bond donors (Lipinski definition) is 1. The molecule has 6 heteroatoms. The van der Waals surface area contributed by atoms with E-state index in [9.17, 15) is 4.79 Å². The van der Waals surface area contributed by atoms with Crippen molar-refractivity contribution >= 4 is 28.8 Å². The molecule has 0 radical (unpaired) electrons. The van der Waals surface area contributed by atoms with Gasteiger partial charge in [0, 0.05) is 37.6 Å². The lowest BCUT2D eigenvalue weighted by Gasteiger charge is -2.35. The summed E-state index contributed by atoms with van der Waals surface area (Å²) in [6.07, 6.45) is 2.23. The zero-order chi connectivity index (χ0) is 14.5. The zero-order valence-corrected chi connectivity index (χ0v) is 13.0. The molecule has 1 fully saturated rings. The molecule has 2 rings (SSSR count). The average Bonchev–Trinajstić information content (AvgIpc) is 2.84. The van der Waals surface area contributed by atoms with Crippen molar-refractivity contribution in [3.05, 3.63) is 34.0 Å². The second-order valence-corrected chi connectivity index (χ2v) is 6.74. The maximum Gasteiger partial charge on any atom is 0.239 e. The van der Waals surface area contributed by atoms with E-state index in [0.717, 1.165) is 37.1 Å². The van der Waals surface area contributed by atoms with Crippen LogP contribution in [0.5, 0.6) is 0 Å². The largest absolute Gasteiger partial charge is 0.339 e. The Bertz CT molecular complexity index is 469. The molecule has 1 aliphatic heterocycles. The van der Waals surface area contributed by atoms with Gasteiger partial charge in [-0.2, -0.15) is 0 Å². The van der Waals surface area contributed by atoms with E-state index in [0.29, 0.717) is 6.42 Å². The van der Waals surface area contributed by atoms with Crippen LogP contribution in [0.25, 0.3) is 0 Å². The fourth-order valence-corrected chi connectivity index (χ4v) is 3.43. The number of carbonyl (C=O) groups is 1. The topological polar surface area (TPSA) is 49.6 Å². The standard InChI is InChI=1S/C14H20ClN3OS/c1-2-3-12(16)14(19)18-8-6-17(7-9-18)10-11-4-5-13(15)20-11/h2,4-5,12H,1,3,6-10,16H2. The number of thiophene rings is 1. The van der Waals surface area contributed by atoms with Crippen LogP contribution in [0.1, 0.15) is 11.3 Å². The lowest BCUT2D eigenvalue weighted by molar-refractivity contribution is -0.134. The molecule has 2 N–H and O–H groups in total. The molecule has 1 unspecified atom stereocenters. The maximum atomic E-state index is 12.1. The van der Waals surface area contributed by atoms with Crippen LogP contribution in [0, 0.1) is 0 Å². The van der Waals surface area contributed by atoms with E-state index < -0.39 is 6.04 Å². The van der Waals surface area contributed by atoms with Gasteiger partial charge < -0.3 is 10.6 Å². The summed E-state index contributed by atoms with van der Waals surface area (Å²) in [5.74, 6) is 0.0312. The van der Waals surface area contributed by atoms with Crippen LogP contribution in [0.2, 0.25) is 4.34 Å². The molecule has 1 saturated heterocycles. The van der Waals surface area contributed by atoms with E-state index in [1.807, 2.05) is 11.0 Å². The Hall–Kier alpha value is -0.880. The van der Waals surface area contributed by atoms with Crippen molar-refractivity contribution in [3.63, 3.8) is 0 Å². The van der Waals surface area contributed by atoms with E-state index in [-0.39, 0.29) is 5.91 Å². The van der Waals surface area contributed by atoms with Crippen molar-refractivity contribution in [2.45, 2.75) is 19.0 Å². The third kappa shape index (κ3) is 4.06. The number of nitrogens with two attached hydrogens (primary N) is 1. The number of halogens is 1. The Balaban J connectivity index is 1.80. The zero-order valence-electron chi connectivity index (χ0n) is 11.4. The average molecular weight is 314 g/mol. The first-order chi connectivity index (χ1) is 9.60. The smallest absolute Gasteiger partial charge is 0.239 e. The molecule has 1 aromatic heterocycles. The summed E-state index contributed by atoms with van der Waals surface area (Å²) in [7, 11) is 0. The Morgan fingerprint density at radius 2 is 2.15 bits per heavy atom. The quantitative estimate of drug-likeness (QED) is 0.845. The molecule has 1 aromatic rings. The highest BCUT2D eigenvalue weighted by atomic mass is 35.5. The third-order valence-corrected chi connectivity index (χ3v) is 4.65. The van der Waals surface area contributed by atoms with E-state index in [1.165, 1.54) is 4.88 Å². The molecular weight excluding hydrogens is 294 g/mol. The summed E-state index contributed by atoms with van der Waals surface area (Å²) in [5.41, 5.74) is 5.83. The van der Waals surface area contributed by atoms with Crippen LogP contribution in [-0.4, -0.2) is 47.9 Å². The predicted molar refractivity (Wildman–Crippen MR) is 84.0 cm³/mol. The van der Waals surface area contributed by atoms with Crippen LogP contribution in [-0.2, 0) is 11.3 Å². The monoisotopic (exact) mass is 313 g/mol. The number of amides is 1. The summed E-state index contributed by atoms with van der Waals surface area (Å²) in [6, 6.07) is 3.54. The second kappa shape index (κ2) is 7.22. The fraction of sp³-hybridized carbons (Fsp3) is 0.500. The van der Waals surface area contributed by atoms with Gasteiger partial charge in [-0.25, -0.2) is 0 Å². The maximum absolute atomic E-state index is 12.1. The number of nitrogens with zero attached hydrogens (tertiary/aromatic N) is 2. The van der Waals surface area contributed by atoms with Gasteiger partial charge in [-0.1, -0.05) is 17.7 Å². The highest BCUT2D eigenvalue weighted by Crippen LogP contribution is 2.23. The number of rotatable bonds is 5. The first kappa shape index (κ1) is 15.5. The summed E-state index contributed by atoms with van der Waals surface area (Å²) < 4.78 is 0.823. The lowest BCUT2D eigenvalue weighted by Crippen LogP contribution is -2.52. The molecular formula is C14H20ClN3OS. The fourth-order valence-electron chi connectivity index (χ4n) is 2.30. The van der Waals surface area contributed by atoms with Crippen LogP contribution < -0.4 is 5.73 Å². The minimum absolute atomic E-state index is 0.0312. The van der Waals surface area contributed by atoms with Gasteiger partial charge in [0.25, 0.3) is 0 Å². The Morgan fingerprint density at radius 1 is 1.45 bits per heavy atom. The molecule has 0 bridgehead atoms. The first-order valence-electron chi connectivity index (χ1n) is 6.72. The molecule has 1 atom stereocenters. The summed E-state index contributed by atoms with van der Waals surface area (Å²) in [5, 5.41) is 0. The first-order valence-corrected chi connectivity index (χ1v) is 7.91. The van der Waals surface area contributed by atoms with E-state index >= 15 is 0 Å². The molecule has 20 heavy (non-hydrogen) atoms. The van der Waals surface area contributed by atoms with Gasteiger partial charge in [-0.05, 0) is 18.6 Å². The second-order valence-electron chi connectivity index (χ2n) is 4.94. The lowest BCUT2D eigenvalue weighted by atomic mass is 10.1. The summed E-state index contributed by atoms with van der Waals surface area (Å²) in [6.45, 7) is 7.75. The van der Waals surface area contributed by atoms with E-state index in [1.54, 1.807) is 17.4 Å². The molecule has 1 amide bonds. The molecule has 0 spiro atoms. The van der Waals surface area contributed by atoms with Crippen molar-refractivity contribution < 1.29 is 4.79 Å². The molecule has 0 aliphatic carbocycles. The van der Waals surface area contributed by atoms with Gasteiger partial charge in [0.15, 0.2) is 0 Å². The highest BCUT2D eigenvalue weighted by molar-refractivity contribution is 7.16. The van der Waals surface area contributed by atoms with Crippen molar-refractivity contribution in [3.8, 4) is 0 Å². The highest BCUT2D eigenvalue weighted by Gasteiger charge is 2.24. The molecule has 0 saturated carbocycles. The normalized spacial score (nSPS) is 18.0. The summed E-state index contributed by atoms with van der Waals surface area (Å²) >= 11 is 7.54. The van der Waals surface area contributed by atoms with Gasteiger partial charge in [-0.3, -0.25) is 9.69 Å². The van der Waals surface area contributed by atoms with Gasteiger partial charge in [-0.15, -0.1) is 17.9 Å². The molecule has 0 aromatic carbocycles. The summed E-state index contributed by atoms with van der Waals surface area (Å²) in [4.78, 5) is 17.5. The number of hydrogen-bond acceptors (Lipinski definition) is 4. The van der Waals surface area contributed by atoms with Crippen LogP contribution in [0.3, 0.4) is 0 Å². The molecule has 1 aliphatic rings. The van der Waals surface area contributed by atoms with Gasteiger partial charge >= 0.3 is 0 Å². The Labute approximate surface area is 128 Å². The van der Waals surface area contributed by atoms with Crippen LogP contribution >= 0.6 is 22.9 Å². The minimum Gasteiger partial charge on any atom is -0.339 e.